The van der Waals surface area contributed by atoms with E-state index >= 15 is 0 Å². The topological polar surface area (TPSA) is 72.2 Å². The van der Waals surface area contributed by atoms with Crippen LogP contribution in [0.3, 0.4) is 0 Å². The number of nitrogens with zero attached hydrogens (tertiary/aromatic N) is 2. The molecule has 0 radical (unpaired) electrons. The minimum Gasteiger partial charge on any atom is -0.481 e. The van der Waals surface area contributed by atoms with Crippen LogP contribution in [0.2, 0.25) is 0 Å². The molecular formula is C15H12N2O3S2. The number of aromatic nitrogens is 2. The van der Waals surface area contributed by atoms with Gasteiger partial charge in [0.2, 0.25) is 0 Å². The van der Waals surface area contributed by atoms with E-state index in [1.165, 1.54) is 11.3 Å². The van der Waals surface area contributed by atoms with Crippen LogP contribution in [0.4, 0.5) is 0 Å². The van der Waals surface area contributed by atoms with Crippen LogP contribution in [0.1, 0.15) is 5.56 Å². The highest BCUT2D eigenvalue weighted by Gasteiger charge is 2.14. The van der Waals surface area contributed by atoms with Gasteiger partial charge in [0.15, 0.2) is 5.16 Å². The zero-order valence-electron chi connectivity index (χ0n) is 11.4. The predicted octanol–water partition coefficient (Wildman–Crippen LogP) is 2.68. The monoisotopic (exact) mass is 332 g/mol. The van der Waals surface area contributed by atoms with Crippen molar-refractivity contribution in [1.29, 1.82) is 0 Å². The SMILES string of the molecule is O=C(O)CSc1nc2ccsc2c(=O)n1Cc1ccccc1. The number of thiophene rings is 1. The first-order chi connectivity index (χ1) is 10.6. The number of hydrogen-bond donors (Lipinski definition) is 1. The minimum atomic E-state index is -0.934. The average molecular weight is 332 g/mol. The molecule has 0 unspecified atom stereocenters. The van der Waals surface area contributed by atoms with Crippen molar-refractivity contribution >= 4 is 39.3 Å². The summed E-state index contributed by atoms with van der Waals surface area (Å²) in [5, 5.41) is 11.1. The smallest absolute Gasteiger partial charge is 0.313 e. The van der Waals surface area contributed by atoms with Gasteiger partial charge in [0.05, 0.1) is 17.8 Å². The summed E-state index contributed by atoms with van der Waals surface area (Å²) < 4.78 is 2.14. The van der Waals surface area contributed by atoms with E-state index in [2.05, 4.69) is 4.98 Å². The van der Waals surface area contributed by atoms with E-state index in [-0.39, 0.29) is 11.3 Å². The van der Waals surface area contributed by atoms with Gasteiger partial charge in [0.1, 0.15) is 4.70 Å². The molecule has 0 aliphatic carbocycles. The van der Waals surface area contributed by atoms with E-state index in [9.17, 15) is 9.59 Å². The molecule has 0 saturated carbocycles. The molecule has 0 saturated heterocycles. The summed E-state index contributed by atoms with van der Waals surface area (Å²) in [7, 11) is 0. The van der Waals surface area contributed by atoms with Crippen LogP contribution >= 0.6 is 23.1 Å². The summed E-state index contributed by atoms with van der Waals surface area (Å²) >= 11 is 2.41. The molecule has 0 spiro atoms. The predicted molar refractivity (Wildman–Crippen MR) is 87.8 cm³/mol. The Morgan fingerprint density at radius 1 is 1.27 bits per heavy atom. The van der Waals surface area contributed by atoms with Crippen LogP contribution in [-0.4, -0.2) is 26.4 Å². The Morgan fingerprint density at radius 3 is 2.77 bits per heavy atom. The number of hydrogen-bond acceptors (Lipinski definition) is 5. The van der Waals surface area contributed by atoms with E-state index < -0.39 is 5.97 Å². The molecule has 2 aromatic heterocycles. The highest BCUT2D eigenvalue weighted by atomic mass is 32.2. The van der Waals surface area contributed by atoms with Crippen LogP contribution in [0, 0.1) is 0 Å². The van der Waals surface area contributed by atoms with E-state index in [1.54, 1.807) is 10.6 Å². The number of thioether (sulfide) groups is 1. The van der Waals surface area contributed by atoms with Crippen LogP contribution in [0.5, 0.6) is 0 Å². The van der Waals surface area contributed by atoms with E-state index in [0.717, 1.165) is 17.3 Å². The van der Waals surface area contributed by atoms with Crippen molar-refractivity contribution in [2.75, 3.05) is 5.75 Å². The Balaban J connectivity index is 2.08. The lowest BCUT2D eigenvalue weighted by atomic mass is 10.2. The first-order valence-corrected chi connectivity index (χ1v) is 8.38. The number of rotatable bonds is 5. The molecule has 0 amide bonds. The van der Waals surface area contributed by atoms with Crippen molar-refractivity contribution < 1.29 is 9.90 Å². The van der Waals surface area contributed by atoms with Gasteiger partial charge < -0.3 is 5.11 Å². The highest BCUT2D eigenvalue weighted by molar-refractivity contribution is 7.99. The van der Waals surface area contributed by atoms with E-state index in [0.29, 0.717) is 21.9 Å². The molecule has 22 heavy (non-hydrogen) atoms. The normalized spacial score (nSPS) is 10.9. The number of benzene rings is 1. The van der Waals surface area contributed by atoms with Crippen molar-refractivity contribution in [3.63, 3.8) is 0 Å². The van der Waals surface area contributed by atoms with Crippen LogP contribution in [0.15, 0.2) is 51.7 Å². The standard InChI is InChI=1S/C15H12N2O3S2/c18-12(19)9-22-15-16-11-6-7-21-13(11)14(20)17(15)8-10-4-2-1-3-5-10/h1-7H,8-9H2,(H,18,19). The molecule has 0 bridgehead atoms. The molecule has 0 atom stereocenters. The Morgan fingerprint density at radius 2 is 2.05 bits per heavy atom. The summed E-state index contributed by atoms with van der Waals surface area (Å²) in [6.45, 7) is 0.377. The molecule has 7 heteroatoms. The number of carbonyl (C=O) groups is 1. The van der Waals surface area contributed by atoms with E-state index in [4.69, 9.17) is 5.11 Å². The molecule has 0 aliphatic rings. The van der Waals surface area contributed by atoms with Gasteiger partial charge in [0.25, 0.3) is 5.56 Å². The van der Waals surface area contributed by atoms with Gasteiger partial charge in [-0.15, -0.1) is 11.3 Å². The Labute approximate surface area is 134 Å². The third-order valence-electron chi connectivity index (χ3n) is 3.04. The summed E-state index contributed by atoms with van der Waals surface area (Å²) in [5.41, 5.74) is 1.46. The Kier molecular flexibility index (Phi) is 4.26. The summed E-state index contributed by atoms with van der Waals surface area (Å²) in [5.74, 6) is -1.06. The Hall–Kier alpha value is -2.12. The highest BCUT2D eigenvalue weighted by Crippen LogP contribution is 2.21. The summed E-state index contributed by atoms with van der Waals surface area (Å²) in [4.78, 5) is 27.9. The third kappa shape index (κ3) is 3.05. The molecule has 0 aliphatic heterocycles. The molecule has 1 N–H and O–H groups in total. The quantitative estimate of drug-likeness (QED) is 0.574. The number of fused-ring (bicyclic) bond motifs is 1. The molecule has 2 heterocycles. The fourth-order valence-corrected chi connectivity index (χ4v) is 3.56. The molecule has 3 rings (SSSR count). The van der Waals surface area contributed by atoms with Crippen LogP contribution in [0.25, 0.3) is 10.2 Å². The average Bonchev–Trinajstić information content (AvgIpc) is 2.98. The number of carboxylic acids is 1. The van der Waals surface area contributed by atoms with Crippen molar-refractivity contribution in [2.45, 2.75) is 11.7 Å². The molecular weight excluding hydrogens is 320 g/mol. The van der Waals surface area contributed by atoms with Crippen molar-refractivity contribution in [1.82, 2.24) is 9.55 Å². The van der Waals surface area contributed by atoms with Crippen molar-refractivity contribution in [2.24, 2.45) is 0 Å². The summed E-state index contributed by atoms with van der Waals surface area (Å²) in [6.07, 6.45) is 0. The molecule has 1 aromatic carbocycles. The number of carboxylic acid groups (broad SMARTS) is 1. The first kappa shape index (κ1) is 14.8. The molecule has 0 fully saturated rings. The number of aliphatic carboxylic acids is 1. The fourth-order valence-electron chi connectivity index (χ4n) is 2.07. The van der Waals surface area contributed by atoms with Crippen LogP contribution < -0.4 is 5.56 Å². The zero-order chi connectivity index (χ0) is 15.5. The second-order valence-corrected chi connectivity index (χ2v) is 6.45. The van der Waals surface area contributed by atoms with Gasteiger partial charge >= 0.3 is 5.97 Å². The van der Waals surface area contributed by atoms with Gasteiger partial charge in [0, 0.05) is 0 Å². The minimum absolute atomic E-state index is 0.128. The zero-order valence-corrected chi connectivity index (χ0v) is 13.1. The molecule has 3 aromatic rings. The largest absolute Gasteiger partial charge is 0.481 e. The molecule has 5 nitrogen and oxygen atoms in total. The fraction of sp³-hybridized carbons (Fsp3) is 0.133. The van der Waals surface area contributed by atoms with Gasteiger partial charge in [-0.25, -0.2) is 4.98 Å². The van der Waals surface area contributed by atoms with Gasteiger partial charge in [-0.05, 0) is 17.0 Å². The van der Waals surface area contributed by atoms with E-state index in [1.807, 2.05) is 35.7 Å². The lowest BCUT2D eigenvalue weighted by molar-refractivity contribution is -0.133. The maximum absolute atomic E-state index is 12.6. The van der Waals surface area contributed by atoms with Gasteiger partial charge in [-0.2, -0.15) is 0 Å². The van der Waals surface area contributed by atoms with Crippen molar-refractivity contribution in [3.8, 4) is 0 Å². The maximum Gasteiger partial charge on any atom is 0.313 e. The first-order valence-electron chi connectivity index (χ1n) is 6.51. The van der Waals surface area contributed by atoms with Crippen molar-refractivity contribution in [3.05, 3.63) is 57.7 Å². The lowest BCUT2D eigenvalue weighted by Crippen LogP contribution is -2.23. The third-order valence-corrected chi connectivity index (χ3v) is 4.89. The van der Waals surface area contributed by atoms with Gasteiger partial charge in [-0.3, -0.25) is 14.2 Å². The summed E-state index contributed by atoms with van der Waals surface area (Å²) in [6, 6.07) is 11.3. The second-order valence-electron chi connectivity index (χ2n) is 4.59. The lowest BCUT2D eigenvalue weighted by Gasteiger charge is -2.11. The van der Waals surface area contributed by atoms with Crippen LogP contribution in [-0.2, 0) is 11.3 Å². The van der Waals surface area contributed by atoms with Gasteiger partial charge in [-0.1, -0.05) is 42.1 Å². The second kappa shape index (κ2) is 6.33. The maximum atomic E-state index is 12.6. The Bertz CT molecular complexity index is 871. The molecule has 112 valence electrons.